The van der Waals surface area contributed by atoms with E-state index in [2.05, 4.69) is 0 Å². The van der Waals surface area contributed by atoms with Crippen molar-refractivity contribution in [2.24, 2.45) is 21.6 Å². The number of aliphatic hydroxyl groups excluding tert-OH is 1. The Hall–Kier alpha value is -2.83. The topological polar surface area (TPSA) is 108 Å². The molecule has 0 saturated carbocycles. The van der Waals surface area contributed by atoms with E-state index in [9.17, 15) is 9.90 Å². The van der Waals surface area contributed by atoms with Crippen LogP contribution in [-0.2, 0) is 4.79 Å². The molecule has 6 heteroatoms. The van der Waals surface area contributed by atoms with E-state index in [-0.39, 0.29) is 12.3 Å². The van der Waals surface area contributed by atoms with E-state index in [4.69, 9.17) is 20.8 Å². The fourth-order valence-corrected chi connectivity index (χ4v) is 3.21. The molecule has 0 bridgehead atoms. The molecule has 1 unspecified atom stereocenters. The Labute approximate surface area is 178 Å². The van der Waals surface area contributed by atoms with Gasteiger partial charge in [0.25, 0.3) is 0 Å². The lowest BCUT2D eigenvalue weighted by atomic mass is 9.95. The average Bonchev–Trinajstić information content (AvgIpc) is 2.72. The number of nitrogens with two attached hydrogens (primary N) is 1. The molecule has 0 amide bonds. The van der Waals surface area contributed by atoms with Crippen molar-refractivity contribution in [3.8, 4) is 0 Å². The zero-order chi connectivity index (χ0) is 22.1. The summed E-state index contributed by atoms with van der Waals surface area (Å²) in [5.41, 5.74) is 10.3. The number of carboxylic acid groups (broad SMARTS) is 1. The van der Waals surface area contributed by atoms with Gasteiger partial charge in [-0.1, -0.05) is 49.7 Å². The minimum absolute atomic E-state index is 0.127. The Bertz CT molecular complexity index is 905. The van der Waals surface area contributed by atoms with Crippen molar-refractivity contribution in [3.05, 3.63) is 59.7 Å². The van der Waals surface area contributed by atoms with Crippen LogP contribution in [0.2, 0.25) is 0 Å². The third-order valence-corrected chi connectivity index (χ3v) is 5.09. The summed E-state index contributed by atoms with van der Waals surface area (Å²) in [7, 11) is 0. The van der Waals surface area contributed by atoms with Crippen LogP contribution in [0.25, 0.3) is 0 Å². The smallest absolute Gasteiger partial charge is 0.303 e. The van der Waals surface area contributed by atoms with Crippen LogP contribution >= 0.6 is 0 Å². The summed E-state index contributed by atoms with van der Waals surface area (Å²) in [6.07, 6.45) is 1.36. The molecule has 0 saturated heterocycles. The van der Waals surface area contributed by atoms with E-state index >= 15 is 0 Å². The molecular weight excluding hydrogens is 378 g/mol. The predicted octanol–water partition coefficient (Wildman–Crippen LogP) is 5.15. The maximum absolute atomic E-state index is 11.0. The molecule has 0 spiro atoms. The highest BCUT2D eigenvalue weighted by Gasteiger charge is 2.12. The van der Waals surface area contributed by atoms with Crippen molar-refractivity contribution in [2.75, 3.05) is 0 Å². The number of rotatable bonds is 10. The molecule has 0 radical (unpaired) electrons. The maximum Gasteiger partial charge on any atom is 0.303 e. The summed E-state index contributed by atoms with van der Waals surface area (Å²) in [6, 6.07) is 15.2. The maximum atomic E-state index is 11.0. The van der Waals surface area contributed by atoms with Crippen LogP contribution in [0.1, 0.15) is 63.8 Å². The Balaban J connectivity index is 2.30. The highest BCUT2D eigenvalue weighted by molar-refractivity contribution is 6.01. The predicted molar refractivity (Wildman–Crippen MR) is 122 cm³/mol. The summed E-state index contributed by atoms with van der Waals surface area (Å²) >= 11 is 0. The summed E-state index contributed by atoms with van der Waals surface area (Å²) in [4.78, 5) is 20.5. The second-order valence-corrected chi connectivity index (χ2v) is 7.51. The molecule has 2 aromatic carbocycles. The first-order valence-electron chi connectivity index (χ1n) is 10.2. The van der Waals surface area contributed by atoms with Crippen molar-refractivity contribution in [3.63, 3.8) is 0 Å². The van der Waals surface area contributed by atoms with Crippen LogP contribution in [0.15, 0.2) is 58.5 Å². The normalized spacial score (nSPS) is 14.4. The van der Waals surface area contributed by atoms with E-state index < -0.39 is 12.2 Å². The fraction of sp³-hybridized carbons (Fsp3) is 0.375. The second kappa shape index (κ2) is 11.4. The van der Waals surface area contributed by atoms with E-state index in [1.165, 1.54) is 0 Å². The SMILES string of the molecule is CC[C@H](CCC(C)=Nc1cc(C(N)O)ccc1N=C(C)c1ccccc1)CC(=O)O. The number of aliphatic carboxylic acids is 1. The molecule has 0 aliphatic carbocycles. The van der Waals surface area contributed by atoms with Gasteiger partial charge in [0.15, 0.2) is 0 Å². The molecule has 30 heavy (non-hydrogen) atoms. The van der Waals surface area contributed by atoms with Gasteiger partial charge in [0.1, 0.15) is 6.23 Å². The zero-order valence-corrected chi connectivity index (χ0v) is 17.9. The van der Waals surface area contributed by atoms with Gasteiger partial charge in [-0.15, -0.1) is 0 Å². The Kier molecular flexibility index (Phi) is 8.89. The van der Waals surface area contributed by atoms with Gasteiger partial charge in [-0.3, -0.25) is 14.8 Å². The average molecular weight is 410 g/mol. The molecule has 0 aliphatic rings. The van der Waals surface area contributed by atoms with Gasteiger partial charge < -0.3 is 15.9 Å². The van der Waals surface area contributed by atoms with Crippen molar-refractivity contribution in [1.82, 2.24) is 0 Å². The van der Waals surface area contributed by atoms with Crippen LogP contribution in [0.5, 0.6) is 0 Å². The van der Waals surface area contributed by atoms with Crippen LogP contribution < -0.4 is 5.73 Å². The van der Waals surface area contributed by atoms with E-state index in [1.807, 2.05) is 57.2 Å². The summed E-state index contributed by atoms with van der Waals surface area (Å²) in [5, 5.41) is 18.8. The Morgan fingerprint density at radius 2 is 1.77 bits per heavy atom. The third kappa shape index (κ3) is 7.21. The lowest BCUT2D eigenvalue weighted by molar-refractivity contribution is -0.138. The van der Waals surface area contributed by atoms with E-state index in [0.717, 1.165) is 29.8 Å². The molecule has 160 valence electrons. The largest absolute Gasteiger partial charge is 0.481 e. The van der Waals surface area contributed by atoms with Crippen molar-refractivity contribution in [2.45, 2.75) is 52.7 Å². The molecule has 2 rings (SSSR count). The first-order valence-corrected chi connectivity index (χ1v) is 10.2. The van der Waals surface area contributed by atoms with Gasteiger partial charge in [-0.2, -0.15) is 0 Å². The number of carboxylic acids is 1. The van der Waals surface area contributed by atoms with Crippen LogP contribution in [-0.4, -0.2) is 27.6 Å². The number of aliphatic hydroxyl groups is 1. The van der Waals surface area contributed by atoms with Crippen molar-refractivity contribution < 1.29 is 15.0 Å². The summed E-state index contributed by atoms with van der Waals surface area (Å²) < 4.78 is 0. The molecule has 0 heterocycles. The van der Waals surface area contributed by atoms with Gasteiger partial charge >= 0.3 is 5.97 Å². The monoisotopic (exact) mass is 409 g/mol. The highest BCUT2D eigenvalue weighted by atomic mass is 16.4. The number of hydrogen-bond donors (Lipinski definition) is 3. The number of hydrogen-bond acceptors (Lipinski definition) is 5. The molecular formula is C24H31N3O3. The molecule has 0 aromatic heterocycles. The number of benzene rings is 2. The van der Waals surface area contributed by atoms with Crippen LogP contribution in [0.3, 0.4) is 0 Å². The second-order valence-electron chi connectivity index (χ2n) is 7.51. The summed E-state index contributed by atoms with van der Waals surface area (Å²) in [6.45, 7) is 5.88. The zero-order valence-electron chi connectivity index (χ0n) is 17.9. The van der Waals surface area contributed by atoms with Crippen molar-refractivity contribution >= 4 is 28.8 Å². The Morgan fingerprint density at radius 1 is 1.07 bits per heavy atom. The molecule has 2 aromatic rings. The molecule has 2 atom stereocenters. The standard InChI is InChI=1S/C24H31N3O3/c1-4-18(14-23(28)29)11-10-16(2)26-22-15-20(24(25)30)12-13-21(22)27-17(3)19-8-6-5-7-9-19/h5-9,12-13,15,18,24,30H,4,10-11,14,25H2,1-3H3,(H,28,29)/t18-,24?/m1/s1. The quantitative estimate of drug-likeness (QED) is 0.372. The lowest BCUT2D eigenvalue weighted by Crippen LogP contribution is -2.09. The number of carbonyl (C=O) groups is 1. The van der Waals surface area contributed by atoms with Gasteiger partial charge in [0.05, 0.1) is 11.4 Å². The minimum atomic E-state index is -1.09. The highest BCUT2D eigenvalue weighted by Crippen LogP contribution is 2.32. The van der Waals surface area contributed by atoms with Gasteiger partial charge in [-0.25, -0.2) is 0 Å². The number of aliphatic imine (C=N–C) groups is 2. The molecule has 0 aliphatic heterocycles. The van der Waals surface area contributed by atoms with Crippen LogP contribution in [0.4, 0.5) is 11.4 Å². The number of nitrogens with zero attached hydrogens (tertiary/aromatic N) is 2. The Morgan fingerprint density at radius 3 is 2.37 bits per heavy atom. The van der Waals surface area contributed by atoms with Gasteiger partial charge in [-0.05, 0) is 55.9 Å². The molecule has 0 fully saturated rings. The van der Waals surface area contributed by atoms with Gasteiger partial charge in [0, 0.05) is 17.8 Å². The van der Waals surface area contributed by atoms with E-state index in [1.54, 1.807) is 12.1 Å². The fourth-order valence-electron chi connectivity index (χ4n) is 3.21. The summed E-state index contributed by atoms with van der Waals surface area (Å²) in [5.74, 6) is -0.642. The first kappa shape index (κ1) is 23.4. The minimum Gasteiger partial charge on any atom is -0.481 e. The van der Waals surface area contributed by atoms with E-state index in [0.29, 0.717) is 23.4 Å². The van der Waals surface area contributed by atoms with Crippen molar-refractivity contribution in [1.29, 1.82) is 0 Å². The van der Waals surface area contributed by atoms with Crippen LogP contribution in [0, 0.1) is 5.92 Å². The third-order valence-electron chi connectivity index (χ3n) is 5.09. The lowest BCUT2D eigenvalue weighted by Gasteiger charge is -2.13. The molecule has 6 nitrogen and oxygen atoms in total. The van der Waals surface area contributed by atoms with Gasteiger partial charge in [0.2, 0.25) is 0 Å². The first-order chi connectivity index (χ1) is 14.3. The molecule has 4 N–H and O–H groups in total.